The van der Waals surface area contributed by atoms with Crippen molar-refractivity contribution in [1.29, 1.82) is 0 Å². The van der Waals surface area contributed by atoms with Crippen molar-refractivity contribution in [3.63, 3.8) is 0 Å². The molecule has 0 spiro atoms. The van der Waals surface area contributed by atoms with Crippen LogP contribution in [0.25, 0.3) is 6.08 Å². The second-order valence-corrected chi connectivity index (χ2v) is 3.45. The SMILES string of the molecule is CCCCOC(=O)/C=C/c1ccc(O)cc1. The predicted octanol–water partition coefficient (Wildman–Crippen LogP) is 2.75. The molecule has 0 aliphatic carbocycles. The Morgan fingerprint density at radius 3 is 2.69 bits per heavy atom. The number of aromatic hydroxyl groups is 1. The van der Waals surface area contributed by atoms with Crippen LogP contribution < -0.4 is 0 Å². The number of esters is 1. The van der Waals surface area contributed by atoms with Gasteiger partial charge in [0, 0.05) is 6.08 Å². The van der Waals surface area contributed by atoms with Crippen LogP contribution in [0.5, 0.6) is 5.75 Å². The number of benzene rings is 1. The maximum atomic E-state index is 11.2. The van der Waals surface area contributed by atoms with Gasteiger partial charge in [-0.1, -0.05) is 25.5 Å². The van der Waals surface area contributed by atoms with Gasteiger partial charge in [0.2, 0.25) is 0 Å². The first-order valence-electron chi connectivity index (χ1n) is 5.36. The molecule has 0 radical (unpaired) electrons. The molecular weight excluding hydrogens is 204 g/mol. The van der Waals surface area contributed by atoms with E-state index in [1.807, 2.05) is 6.92 Å². The highest BCUT2D eigenvalue weighted by Crippen LogP contribution is 2.10. The number of unbranched alkanes of at least 4 members (excludes halogenated alkanes) is 1. The number of hydrogen-bond acceptors (Lipinski definition) is 3. The third-order valence-corrected chi connectivity index (χ3v) is 2.05. The highest BCUT2D eigenvalue weighted by molar-refractivity contribution is 5.87. The maximum absolute atomic E-state index is 11.2. The Bertz CT molecular complexity index is 352. The highest BCUT2D eigenvalue weighted by Gasteiger charge is 1.95. The van der Waals surface area contributed by atoms with Crippen LogP contribution >= 0.6 is 0 Å². The van der Waals surface area contributed by atoms with E-state index in [-0.39, 0.29) is 11.7 Å². The number of rotatable bonds is 5. The second-order valence-electron chi connectivity index (χ2n) is 3.45. The third-order valence-electron chi connectivity index (χ3n) is 2.05. The lowest BCUT2D eigenvalue weighted by Crippen LogP contribution is -2.01. The molecule has 3 heteroatoms. The van der Waals surface area contributed by atoms with Crippen LogP contribution in [-0.4, -0.2) is 17.7 Å². The van der Waals surface area contributed by atoms with Crippen molar-refractivity contribution in [2.75, 3.05) is 6.61 Å². The van der Waals surface area contributed by atoms with Gasteiger partial charge in [-0.05, 0) is 30.2 Å². The molecule has 1 rings (SSSR count). The van der Waals surface area contributed by atoms with E-state index in [2.05, 4.69) is 0 Å². The van der Waals surface area contributed by atoms with Gasteiger partial charge in [0.05, 0.1) is 6.61 Å². The van der Waals surface area contributed by atoms with Gasteiger partial charge in [0.15, 0.2) is 0 Å². The van der Waals surface area contributed by atoms with Crippen LogP contribution in [0.3, 0.4) is 0 Å². The summed E-state index contributed by atoms with van der Waals surface area (Å²) in [5.74, 6) is -0.121. The molecular formula is C13H16O3. The van der Waals surface area contributed by atoms with Crippen molar-refractivity contribution in [3.8, 4) is 5.75 Å². The van der Waals surface area contributed by atoms with E-state index in [0.717, 1.165) is 18.4 Å². The van der Waals surface area contributed by atoms with Crippen molar-refractivity contribution in [2.24, 2.45) is 0 Å². The number of hydrogen-bond donors (Lipinski definition) is 1. The van der Waals surface area contributed by atoms with Gasteiger partial charge in [0.25, 0.3) is 0 Å². The molecule has 0 unspecified atom stereocenters. The van der Waals surface area contributed by atoms with Crippen LogP contribution in [0.2, 0.25) is 0 Å². The number of carbonyl (C=O) groups excluding carboxylic acids is 1. The molecule has 0 fully saturated rings. The highest BCUT2D eigenvalue weighted by atomic mass is 16.5. The van der Waals surface area contributed by atoms with E-state index in [1.165, 1.54) is 6.08 Å². The van der Waals surface area contributed by atoms with Gasteiger partial charge in [-0.15, -0.1) is 0 Å². The molecule has 86 valence electrons. The fraction of sp³-hybridized carbons (Fsp3) is 0.308. The summed E-state index contributed by atoms with van der Waals surface area (Å²) in [7, 11) is 0. The number of phenols is 1. The van der Waals surface area contributed by atoms with E-state index >= 15 is 0 Å². The van der Waals surface area contributed by atoms with E-state index < -0.39 is 0 Å². The Labute approximate surface area is 95.4 Å². The smallest absolute Gasteiger partial charge is 0.330 e. The summed E-state index contributed by atoms with van der Waals surface area (Å²) in [6, 6.07) is 6.60. The molecule has 0 aliphatic rings. The molecule has 1 N–H and O–H groups in total. The summed E-state index contributed by atoms with van der Waals surface area (Å²) in [5.41, 5.74) is 0.852. The monoisotopic (exact) mass is 220 g/mol. The van der Waals surface area contributed by atoms with E-state index in [9.17, 15) is 4.79 Å². The molecule has 0 atom stereocenters. The first-order chi connectivity index (χ1) is 7.72. The Morgan fingerprint density at radius 1 is 1.38 bits per heavy atom. The molecule has 3 nitrogen and oxygen atoms in total. The average Bonchev–Trinajstić information content (AvgIpc) is 2.29. The molecule has 0 amide bonds. The Hall–Kier alpha value is -1.77. The lowest BCUT2D eigenvalue weighted by Gasteiger charge is -1.99. The van der Waals surface area contributed by atoms with E-state index in [4.69, 9.17) is 9.84 Å². The van der Waals surface area contributed by atoms with Gasteiger partial charge in [0.1, 0.15) is 5.75 Å². The molecule has 0 saturated carbocycles. The summed E-state index contributed by atoms with van der Waals surface area (Å²) >= 11 is 0. The van der Waals surface area contributed by atoms with E-state index in [0.29, 0.717) is 6.61 Å². The van der Waals surface area contributed by atoms with Crippen LogP contribution in [0.4, 0.5) is 0 Å². The van der Waals surface area contributed by atoms with Crippen LogP contribution in [-0.2, 0) is 9.53 Å². The minimum absolute atomic E-state index is 0.211. The molecule has 1 aromatic rings. The van der Waals surface area contributed by atoms with Crippen LogP contribution in [0.15, 0.2) is 30.3 Å². The molecule has 1 aromatic carbocycles. The number of phenolic OH excluding ortho intramolecular Hbond substituents is 1. The molecule has 0 bridgehead atoms. The average molecular weight is 220 g/mol. The topological polar surface area (TPSA) is 46.5 Å². The summed E-state index contributed by atoms with van der Waals surface area (Å²) in [6.07, 6.45) is 4.95. The van der Waals surface area contributed by atoms with Gasteiger partial charge in [-0.3, -0.25) is 0 Å². The van der Waals surface area contributed by atoms with Crippen LogP contribution in [0, 0.1) is 0 Å². The quantitative estimate of drug-likeness (QED) is 0.471. The molecule has 0 aromatic heterocycles. The minimum atomic E-state index is -0.332. The predicted molar refractivity (Wildman–Crippen MR) is 63.0 cm³/mol. The van der Waals surface area contributed by atoms with Crippen molar-refractivity contribution < 1.29 is 14.6 Å². The zero-order valence-electron chi connectivity index (χ0n) is 9.35. The van der Waals surface area contributed by atoms with Crippen molar-refractivity contribution in [3.05, 3.63) is 35.9 Å². The number of ether oxygens (including phenoxy) is 1. The fourth-order valence-electron chi connectivity index (χ4n) is 1.11. The lowest BCUT2D eigenvalue weighted by molar-refractivity contribution is -0.137. The van der Waals surface area contributed by atoms with Gasteiger partial charge in [-0.2, -0.15) is 0 Å². The summed E-state index contributed by atoms with van der Waals surface area (Å²) in [4.78, 5) is 11.2. The first kappa shape index (κ1) is 12.3. The maximum Gasteiger partial charge on any atom is 0.330 e. The third kappa shape index (κ3) is 4.64. The zero-order chi connectivity index (χ0) is 11.8. The van der Waals surface area contributed by atoms with Crippen molar-refractivity contribution >= 4 is 12.0 Å². The normalized spacial score (nSPS) is 10.6. The van der Waals surface area contributed by atoms with Gasteiger partial charge >= 0.3 is 5.97 Å². The molecule has 0 aliphatic heterocycles. The van der Waals surface area contributed by atoms with Gasteiger partial charge < -0.3 is 9.84 Å². The Balaban J connectivity index is 2.41. The largest absolute Gasteiger partial charge is 0.508 e. The standard InChI is InChI=1S/C13H16O3/c1-2-3-10-16-13(15)9-6-11-4-7-12(14)8-5-11/h4-9,14H,2-3,10H2,1H3/b9-6+. The summed E-state index contributed by atoms with van der Waals surface area (Å²) in [5, 5.41) is 9.06. The second kappa shape index (κ2) is 6.67. The zero-order valence-corrected chi connectivity index (χ0v) is 9.35. The lowest BCUT2D eigenvalue weighted by atomic mass is 10.2. The first-order valence-corrected chi connectivity index (χ1v) is 5.36. The number of carbonyl (C=O) groups is 1. The summed E-state index contributed by atoms with van der Waals surface area (Å²) < 4.78 is 4.95. The fourth-order valence-corrected chi connectivity index (χ4v) is 1.11. The van der Waals surface area contributed by atoms with Crippen molar-refractivity contribution in [1.82, 2.24) is 0 Å². The summed E-state index contributed by atoms with van der Waals surface area (Å²) in [6.45, 7) is 2.51. The molecule has 0 saturated heterocycles. The molecule has 16 heavy (non-hydrogen) atoms. The minimum Gasteiger partial charge on any atom is -0.508 e. The van der Waals surface area contributed by atoms with Crippen molar-refractivity contribution in [2.45, 2.75) is 19.8 Å². The van der Waals surface area contributed by atoms with E-state index in [1.54, 1.807) is 30.3 Å². The molecule has 0 heterocycles. The van der Waals surface area contributed by atoms with Gasteiger partial charge in [-0.25, -0.2) is 4.79 Å². The Kier molecular flexibility index (Phi) is 5.12. The Morgan fingerprint density at radius 2 is 2.06 bits per heavy atom. The van der Waals surface area contributed by atoms with Crippen LogP contribution in [0.1, 0.15) is 25.3 Å².